The van der Waals surface area contributed by atoms with Gasteiger partial charge < -0.3 is 19.7 Å². The molecule has 0 atom stereocenters. The molecule has 2 aliphatic heterocycles. The lowest BCUT2D eigenvalue weighted by atomic mass is 9.90. The summed E-state index contributed by atoms with van der Waals surface area (Å²) in [6.45, 7) is 10.2. The molecular weight excluding hydrogens is 578 g/mol. The molecule has 3 heterocycles. The second kappa shape index (κ2) is 14.0. The van der Waals surface area contributed by atoms with E-state index in [9.17, 15) is 9.59 Å². The number of likely N-dealkylation sites (tertiary alicyclic amines) is 2. The zero-order valence-corrected chi connectivity index (χ0v) is 27.0. The number of nitrogens with one attached hydrogen (secondary N) is 1. The Bertz CT molecular complexity index is 1440. The number of nitrogens with zero attached hydrogens (tertiary/aromatic N) is 4. The zero-order chi connectivity index (χ0) is 31.3. The van der Waals surface area contributed by atoms with Crippen LogP contribution in [-0.4, -0.2) is 77.0 Å². The highest BCUT2D eigenvalue weighted by Gasteiger charge is 2.32. The molecule has 1 N–H and O–H groups in total. The van der Waals surface area contributed by atoms with Gasteiger partial charge in [-0.1, -0.05) is 35.9 Å². The molecular formula is C34H44ClN5O4. The van der Waals surface area contributed by atoms with Crippen LogP contribution in [0.4, 0.5) is 4.79 Å². The van der Waals surface area contributed by atoms with Crippen molar-refractivity contribution in [1.29, 1.82) is 0 Å². The fraction of sp³-hybridized carbons (Fsp3) is 0.500. The van der Waals surface area contributed by atoms with Crippen LogP contribution in [0.5, 0.6) is 5.75 Å². The Kier molecular flexibility index (Phi) is 10.2. The Morgan fingerprint density at radius 1 is 1.00 bits per heavy atom. The van der Waals surface area contributed by atoms with Crippen LogP contribution >= 0.6 is 11.6 Å². The lowest BCUT2D eigenvalue weighted by Crippen LogP contribution is -2.42. The molecule has 2 fully saturated rings. The van der Waals surface area contributed by atoms with Crippen molar-refractivity contribution < 1.29 is 19.1 Å². The number of para-hydroxylation sites is 1. The van der Waals surface area contributed by atoms with Crippen LogP contribution in [0, 0.1) is 5.92 Å². The fourth-order valence-corrected chi connectivity index (χ4v) is 6.34. The second-order valence-electron chi connectivity index (χ2n) is 12.8. The highest BCUT2D eigenvalue weighted by atomic mass is 35.5. The highest BCUT2D eigenvalue weighted by molar-refractivity contribution is 6.30. The molecule has 44 heavy (non-hydrogen) atoms. The molecule has 2 saturated heterocycles. The third kappa shape index (κ3) is 7.93. The summed E-state index contributed by atoms with van der Waals surface area (Å²) in [5.74, 6) is 1.27. The number of rotatable bonds is 8. The lowest BCUT2D eigenvalue weighted by Gasteiger charge is -2.34. The number of benzene rings is 2. The van der Waals surface area contributed by atoms with Crippen LogP contribution in [0.15, 0.2) is 54.7 Å². The number of hydrogen-bond donors (Lipinski definition) is 1. The van der Waals surface area contributed by atoms with E-state index in [1.54, 1.807) is 18.2 Å². The van der Waals surface area contributed by atoms with Gasteiger partial charge in [-0.25, -0.2) is 9.48 Å². The maximum Gasteiger partial charge on any atom is 0.410 e. The van der Waals surface area contributed by atoms with Gasteiger partial charge >= 0.3 is 6.09 Å². The van der Waals surface area contributed by atoms with Crippen molar-refractivity contribution in [3.63, 3.8) is 0 Å². The van der Waals surface area contributed by atoms with E-state index in [1.807, 2.05) is 67.9 Å². The minimum absolute atomic E-state index is 0.0501. The van der Waals surface area contributed by atoms with Gasteiger partial charge in [0.25, 0.3) is 5.91 Å². The van der Waals surface area contributed by atoms with E-state index in [0.29, 0.717) is 49.0 Å². The van der Waals surface area contributed by atoms with Crippen molar-refractivity contribution in [2.75, 3.05) is 39.8 Å². The predicted octanol–water partition coefficient (Wildman–Crippen LogP) is 6.29. The topological polar surface area (TPSA) is 88.9 Å². The van der Waals surface area contributed by atoms with Gasteiger partial charge in [0.1, 0.15) is 11.4 Å². The first-order chi connectivity index (χ1) is 21.1. The molecule has 0 spiro atoms. The van der Waals surface area contributed by atoms with Crippen LogP contribution in [0.2, 0.25) is 5.02 Å². The van der Waals surface area contributed by atoms with Gasteiger partial charge in [0.05, 0.1) is 30.3 Å². The van der Waals surface area contributed by atoms with Crippen molar-refractivity contribution in [1.82, 2.24) is 24.9 Å². The summed E-state index contributed by atoms with van der Waals surface area (Å²) in [5.41, 5.74) is 2.90. The summed E-state index contributed by atoms with van der Waals surface area (Å²) in [5, 5.41) is 8.48. The van der Waals surface area contributed by atoms with Crippen LogP contribution < -0.4 is 10.1 Å². The van der Waals surface area contributed by atoms with Crippen molar-refractivity contribution in [3.05, 3.63) is 76.6 Å². The molecule has 2 aromatic carbocycles. The van der Waals surface area contributed by atoms with E-state index in [2.05, 4.69) is 21.4 Å². The van der Waals surface area contributed by atoms with E-state index in [1.165, 1.54) is 5.56 Å². The number of carbonyl (C=O) groups is 2. The number of hydrogen-bond acceptors (Lipinski definition) is 6. The smallest absolute Gasteiger partial charge is 0.410 e. The summed E-state index contributed by atoms with van der Waals surface area (Å²) >= 11 is 6.33. The molecule has 0 aliphatic carbocycles. The number of carbonyl (C=O) groups excluding carboxylic acids is 2. The van der Waals surface area contributed by atoms with Crippen LogP contribution in [0.1, 0.15) is 74.0 Å². The minimum Gasteiger partial charge on any atom is -0.496 e. The van der Waals surface area contributed by atoms with E-state index < -0.39 is 5.60 Å². The molecule has 5 rings (SSSR count). The molecule has 2 amide bonds. The average molecular weight is 622 g/mol. The summed E-state index contributed by atoms with van der Waals surface area (Å²) in [6.07, 6.45) is 4.82. The van der Waals surface area contributed by atoms with Crippen LogP contribution in [-0.2, 0) is 11.3 Å². The largest absolute Gasteiger partial charge is 0.496 e. The van der Waals surface area contributed by atoms with Gasteiger partial charge in [-0.2, -0.15) is 5.10 Å². The molecule has 0 radical (unpaired) electrons. The number of methoxy groups -OCH3 is 1. The minimum atomic E-state index is -0.545. The number of aromatic nitrogens is 2. The molecule has 10 heteroatoms. The Morgan fingerprint density at radius 3 is 2.41 bits per heavy atom. The quantitative estimate of drug-likeness (QED) is 0.318. The number of ether oxygens (including phenoxy) is 2. The monoisotopic (exact) mass is 621 g/mol. The molecule has 2 aliphatic rings. The van der Waals surface area contributed by atoms with Gasteiger partial charge in [0.2, 0.25) is 0 Å². The first-order valence-electron chi connectivity index (χ1n) is 15.6. The first kappa shape index (κ1) is 31.9. The van der Waals surface area contributed by atoms with Crippen molar-refractivity contribution in [2.24, 2.45) is 5.92 Å². The molecule has 0 unspecified atom stereocenters. The SMILES string of the molecule is COc1ccccc1CN1CCC(CNC(=O)c2cnn(-c3cccc(Cl)c3)c2C2CCN(C(=O)OC(C)(C)C)CC2)CC1. The Labute approximate surface area is 265 Å². The molecule has 0 bridgehead atoms. The van der Waals surface area contributed by atoms with Crippen molar-refractivity contribution in [3.8, 4) is 11.4 Å². The molecule has 0 saturated carbocycles. The Balaban J connectivity index is 1.23. The maximum atomic E-state index is 13.7. The third-order valence-electron chi connectivity index (χ3n) is 8.48. The van der Waals surface area contributed by atoms with Gasteiger partial charge in [-0.3, -0.25) is 9.69 Å². The van der Waals surface area contributed by atoms with Crippen LogP contribution in [0.25, 0.3) is 5.69 Å². The van der Waals surface area contributed by atoms with Gasteiger partial charge in [0, 0.05) is 42.7 Å². The average Bonchev–Trinajstić information content (AvgIpc) is 3.46. The second-order valence-corrected chi connectivity index (χ2v) is 13.3. The highest BCUT2D eigenvalue weighted by Crippen LogP contribution is 2.33. The fourth-order valence-electron chi connectivity index (χ4n) is 6.16. The van der Waals surface area contributed by atoms with Gasteiger partial charge in [0.15, 0.2) is 0 Å². The molecule has 1 aromatic heterocycles. The van der Waals surface area contributed by atoms with Crippen molar-refractivity contribution >= 4 is 23.6 Å². The lowest BCUT2D eigenvalue weighted by molar-refractivity contribution is 0.0203. The van der Waals surface area contributed by atoms with Gasteiger partial charge in [-0.05, 0) is 89.7 Å². The first-order valence-corrected chi connectivity index (χ1v) is 15.9. The molecule has 3 aromatic rings. The number of piperidine rings is 2. The third-order valence-corrected chi connectivity index (χ3v) is 8.72. The Morgan fingerprint density at radius 2 is 1.73 bits per heavy atom. The van der Waals surface area contributed by atoms with E-state index in [-0.39, 0.29) is 17.9 Å². The summed E-state index contributed by atoms with van der Waals surface area (Å²) < 4.78 is 13.0. The predicted molar refractivity (Wildman–Crippen MR) is 172 cm³/mol. The van der Waals surface area contributed by atoms with Crippen LogP contribution in [0.3, 0.4) is 0 Å². The number of halogens is 1. The number of amides is 2. The maximum absolute atomic E-state index is 13.7. The Hall–Kier alpha value is -3.56. The zero-order valence-electron chi connectivity index (χ0n) is 26.2. The molecule has 236 valence electrons. The van der Waals surface area contributed by atoms with E-state index in [0.717, 1.165) is 49.6 Å². The van der Waals surface area contributed by atoms with Crippen molar-refractivity contribution in [2.45, 2.75) is 64.5 Å². The standard InChI is InChI=1S/C34H44ClN5O4/c1-34(2,3)44-33(42)39-18-14-25(15-19-39)31-29(22-37-40(31)28-10-7-9-27(35)20-28)32(41)36-21-24-12-16-38(17-13-24)23-26-8-5-6-11-30(26)43-4/h5-11,20,22,24-25H,12-19,21,23H2,1-4H3,(H,36,41). The van der Waals surface area contributed by atoms with E-state index >= 15 is 0 Å². The normalized spacial score (nSPS) is 17.0. The molecule has 9 nitrogen and oxygen atoms in total. The summed E-state index contributed by atoms with van der Waals surface area (Å²) in [4.78, 5) is 30.6. The van der Waals surface area contributed by atoms with E-state index in [4.69, 9.17) is 21.1 Å². The van der Waals surface area contributed by atoms with Gasteiger partial charge in [-0.15, -0.1) is 0 Å². The summed E-state index contributed by atoms with van der Waals surface area (Å²) in [7, 11) is 1.71. The summed E-state index contributed by atoms with van der Waals surface area (Å²) in [6, 6.07) is 15.7.